The van der Waals surface area contributed by atoms with Crippen molar-refractivity contribution in [3.8, 4) is 0 Å². The third-order valence-corrected chi connectivity index (χ3v) is 3.81. The fourth-order valence-corrected chi connectivity index (χ4v) is 2.50. The van der Waals surface area contributed by atoms with E-state index in [1.807, 2.05) is 19.2 Å². The number of likely N-dealkylation sites (N-methyl/N-ethyl adjacent to an activating group) is 1. The first-order valence-corrected chi connectivity index (χ1v) is 6.57. The lowest BCUT2D eigenvalue weighted by Crippen LogP contribution is -2.50. The highest BCUT2D eigenvalue weighted by molar-refractivity contribution is 7.09. The van der Waals surface area contributed by atoms with Crippen molar-refractivity contribution in [3.05, 3.63) is 16.6 Å². The molecule has 0 unspecified atom stereocenters. The second-order valence-electron chi connectivity index (χ2n) is 4.26. The van der Waals surface area contributed by atoms with Crippen LogP contribution in [0.1, 0.15) is 32.7 Å². The third kappa shape index (κ3) is 2.89. The first-order valence-electron chi connectivity index (χ1n) is 5.69. The quantitative estimate of drug-likeness (QED) is 0.765. The van der Waals surface area contributed by atoms with E-state index in [-0.39, 0.29) is 5.78 Å². The zero-order valence-corrected chi connectivity index (χ0v) is 11.3. The summed E-state index contributed by atoms with van der Waals surface area (Å²) in [6.07, 6.45) is 2.19. The maximum Gasteiger partial charge on any atom is 0.159 e. The molecule has 1 aromatic rings. The summed E-state index contributed by atoms with van der Waals surface area (Å²) in [4.78, 5) is 18.6. The molecule has 0 aliphatic rings. The third-order valence-electron chi connectivity index (χ3n) is 3.03. The summed E-state index contributed by atoms with van der Waals surface area (Å²) in [6.45, 7) is 9.95. The van der Waals surface area contributed by atoms with E-state index >= 15 is 0 Å². The van der Waals surface area contributed by atoms with Gasteiger partial charge < -0.3 is 0 Å². The summed E-state index contributed by atoms with van der Waals surface area (Å²) in [5.41, 5.74) is -0.394. The van der Waals surface area contributed by atoms with Crippen molar-refractivity contribution in [3.63, 3.8) is 0 Å². The van der Waals surface area contributed by atoms with Crippen molar-refractivity contribution in [1.29, 1.82) is 0 Å². The van der Waals surface area contributed by atoms with E-state index in [2.05, 4.69) is 23.7 Å². The highest BCUT2D eigenvalue weighted by atomic mass is 32.1. The van der Waals surface area contributed by atoms with Gasteiger partial charge in [-0.25, -0.2) is 4.98 Å². The van der Waals surface area contributed by atoms with Gasteiger partial charge in [-0.15, -0.1) is 11.3 Å². The molecule has 0 amide bonds. The smallest absolute Gasteiger partial charge is 0.159 e. The van der Waals surface area contributed by atoms with E-state index < -0.39 is 5.54 Å². The number of hydrogen-bond acceptors (Lipinski definition) is 4. The normalized spacial score (nSPS) is 12.1. The monoisotopic (exact) mass is 240 g/mol. The lowest BCUT2D eigenvalue weighted by atomic mass is 9.94. The molecular weight excluding hydrogens is 220 g/mol. The van der Waals surface area contributed by atoms with Crippen molar-refractivity contribution < 1.29 is 4.79 Å². The van der Waals surface area contributed by atoms with Crippen LogP contribution in [0.5, 0.6) is 0 Å². The molecule has 0 aromatic carbocycles. The number of Topliss-reactive ketones (excluding diaryl/α,β-unsaturated/α-hetero) is 1. The van der Waals surface area contributed by atoms with Gasteiger partial charge in [0.15, 0.2) is 5.78 Å². The fourth-order valence-electron chi connectivity index (χ4n) is 1.88. The molecule has 1 heterocycles. The standard InChI is InChI=1S/C12H20N2OS/c1-5-14(6-2)12(3,4)10(15)9-11-13-7-8-16-11/h7-8H,5-6,9H2,1-4H3. The molecule has 1 rings (SSSR count). The molecule has 0 atom stereocenters. The van der Waals surface area contributed by atoms with Crippen LogP contribution < -0.4 is 0 Å². The van der Waals surface area contributed by atoms with Crippen molar-refractivity contribution in [1.82, 2.24) is 9.88 Å². The van der Waals surface area contributed by atoms with Gasteiger partial charge in [0.1, 0.15) is 0 Å². The Morgan fingerprint density at radius 1 is 1.44 bits per heavy atom. The molecule has 0 fully saturated rings. The molecule has 1 aromatic heterocycles. The maximum absolute atomic E-state index is 12.2. The molecule has 0 bridgehead atoms. The Balaban J connectivity index is 2.71. The first kappa shape index (κ1) is 13.3. The topological polar surface area (TPSA) is 33.2 Å². The number of carbonyl (C=O) groups is 1. The van der Waals surface area contributed by atoms with Gasteiger partial charge >= 0.3 is 0 Å². The van der Waals surface area contributed by atoms with Crippen LogP contribution >= 0.6 is 11.3 Å². The first-order chi connectivity index (χ1) is 7.52. The Morgan fingerprint density at radius 2 is 2.06 bits per heavy atom. The molecule has 0 aliphatic heterocycles. The van der Waals surface area contributed by atoms with Crippen LogP contribution in [-0.4, -0.2) is 34.3 Å². The molecule has 3 nitrogen and oxygen atoms in total. The Hall–Kier alpha value is -0.740. The Kier molecular flexibility index (Phi) is 4.62. The number of ketones is 1. The minimum atomic E-state index is -0.394. The molecule has 0 aliphatic carbocycles. The highest BCUT2D eigenvalue weighted by Gasteiger charge is 2.32. The van der Waals surface area contributed by atoms with Gasteiger partial charge in [-0.1, -0.05) is 13.8 Å². The van der Waals surface area contributed by atoms with Gasteiger partial charge in [0, 0.05) is 11.6 Å². The maximum atomic E-state index is 12.2. The molecule has 4 heteroatoms. The Bertz CT molecular complexity index is 329. The number of hydrogen-bond donors (Lipinski definition) is 0. The van der Waals surface area contributed by atoms with Crippen LogP contribution in [0.25, 0.3) is 0 Å². The van der Waals surface area contributed by atoms with E-state index in [1.165, 1.54) is 0 Å². The average molecular weight is 240 g/mol. The van der Waals surface area contributed by atoms with Crippen LogP contribution in [-0.2, 0) is 11.2 Å². The van der Waals surface area contributed by atoms with Crippen LogP contribution in [0, 0.1) is 0 Å². The van der Waals surface area contributed by atoms with E-state index in [0.717, 1.165) is 18.1 Å². The molecule has 0 saturated heterocycles. The molecule has 0 saturated carbocycles. The van der Waals surface area contributed by atoms with Crippen molar-refractivity contribution in [2.75, 3.05) is 13.1 Å². The minimum absolute atomic E-state index is 0.242. The van der Waals surface area contributed by atoms with Crippen LogP contribution in [0.2, 0.25) is 0 Å². The van der Waals surface area contributed by atoms with Gasteiger partial charge in [-0.3, -0.25) is 9.69 Å². The van der Waals surface area contributed by atoms with Crippen LogP contribution in [0.15, 0.2) is 11.6 Å². The van der Waals surface area contributed by atoms with E-state index in [0.29, 0.717) is 6.42 Å². The van der Waals surface area contributed by atoms with Gasteiger partial charge in [-0.05, 0) is 26.9 Å². The van der Waals surface area contributed by atoms with Gasteiger partial charge in [0.05, 0.1) is 17.0 Å². The summed E-state index contributed by atoms with van der Waals surface area (Å²) in [5, 5.41) is 2.82. The van der Waals surface area contributed by atoms with Gasteiger partial charge in [0.25, 0.3) is 0 Å². The van der Waals surface area contributed by atoms with Crippen LogP contribution in [0.3, 0.4) is 0 Å². The van der Waals surface area contributed by atoms with E-state index in [4.69, 9.17) is 0 Å². The van der Waals surface area contributed by atoms with E-state index in [1.54, 1.807) is 17.5 Å². The molecule has 16 heavy (non-hydrogen) atoms. The van der Waals surface area contributed by atoms with Crippen LogP contribution in [0.4, 0.5) is 0 Å². The molecular formula is C12H20N2OS. The predicted molar refractivity (Wildman–Crippen MR) is 67.8 cm³/mol. The average Bonchev–Trinajstić information content (AvgIpc) is 2.71. The van der Waals surface area contributed by atoms with Crippen molar-refractivity contribution in [2.45, 2.75) is 39.7 Å². The summed E-state index contributed by atoms with van der Waals surface area (Å²) in [7, 11) is 0. The Labute approximate surface area is 101 Å². The largest absolute Gasteiger partial charge is 0.297 e. The number of aromatic nitrogens is 1. The SMILES string of the molecule is CCN(CC)C(C)(C)C(=O)Cc1nccs1. The number of rotatable bonds is 6. The second-order valence-corrected chi connectivity index (χ2v) is 5.24. The number of nitrogens with zero attached hydrogens (tertiary/aromatic N) is 2. The summed E-state index contributed by atoms with van der Waals surface area (Å²) < 4.78 is 0. The summed E-state index contributed by atoms with van der Waals surface area (Å²) >= 11 is 1.54. The second kappa shape index (κ2) is 5.55. The lowest BCUT2D eigenvalue weighted by Gasteiger charge is -2.35. The number of thiazole rings is 1. The van der Waals surface area contributed by atoms with Crippen molar-refractivity contribution >= 4 is 17.1 Å². The van der Waals surface area contributed by atoms with Gasteiger partial charge in [0.2, 0.25) is 0 Å². The lowest BCUT2D eigenvalue weighted by molar-refractivity contribution is -0.128. The predicted octanol–water partition coefficient (Wildman–Crippen LogP) is 2.38. The zero-order chi connectivity index (χ0) is 12.2. The Morgan fingerprint density at radius 3 is 2.50 bits per heavy atom. The van der Waals surface area contributed by atoms with E-state index in [9.17, 15) is 4.79 Å². The number of carbonyl (C=O) groups excluding carboxylic acids is 1. The molecule has 0 spiro atoms. The van der Waals surface area contributed by atoms with Gasteiger partial charge in [-0.2, -0.15) is 0 Å². The highest BCUT2D eigenvalue weighted by Crippen LogP contribution is 2.18. The fraction of sp³-hybridized carbons (Fsp3) is 0.667. The molecule has 0 radical (unpaired) electrons. The van der Waals surface area contributed by atoms with Crippen molar-refractivity contribution in [2.24, 2.45) is 0 Å². The minimum Gasteiger partial charge on any atom is -0.297 e. The summed E-state index contributed by atoms with van der Waals surface area (Å²) in [5.74, 6) is 0.242. The summed E-state index contributed by atoms with van der Waals surface area (Å²) in [6, 6.07) is 0. The molecule has 0 N–H and O–H groups in total. The zero-order valence-electron chi connectivity index (χ0n) is 10.5. The molecule has 90 valence electrons.